The van der Waals surface area contributed by atoms with E-state index in [9.17, 15) is 4.79 Å². The lowest BCUT2D eigenvalue weighted by Crippen LogP contribution is -2.14. The molecule has 0 unspecified atom stereocenters. The number of hydrogen-bond donors (Lipinski definition) is 0. The first-order valence-electron chi connectivity index (χ1n) is 5.37. The molecule has 0 bridgehead atoms. The molecule has 2 aromatic rings. The van der Waals surface area contributed by atoms with Crippen LogP contribution in [0.3, 0.4) is 0 Å². The lowest BCUT2D eigenvalue weighted by atomic mass is 10.4. The minimum absolute atomic E-state index is 0.320. The minimum atomic E-state index is -0.320. The Morgan fingerprint density at radius 3 is 3.00 bits per heavy atom. The summed E-state index contributed by atoms with van der Waals surface area (Å²) in [6.45, 7) is 2.65. The maximum absolute atomic E-state index is 11.7. The van der Waals surface area contributed by atoms with Gasteiger partial charge in [0.15, 0.2) is 0 Å². The van der Waals surface area contributed by atoms with Crippen LogP contribution in [0.15, 0.2) is 24.7 Å². The van der Waals surface area contributed by atoms with Crippen LogP contribution in [0.4, 0.5) is 0 Å². The standard InChI is InChI=1S/C11H14N4O2/c1-3-17-11(16)9-5-4-6-15(9)7-10-12-8-13-14(10)2/h4-6,8H,3,7H2,1-2H3. The Labute approximate surface area is 98.8 Å². The molecule has 90 valence electrons. The Kier molecular flexibility index (Phi) is 3.22. The topological polar surface area (TPSA) is 61.9 Å². The van der Waals surface area contributed by atoms with Crippen LogP contribution in [0.5, 0.6) is 0 Å². The lowest BCUT2D eigenvalue weighted by Gasteiger charge is -2.07. The van der Waals surface area contributed by atoms with Gasteiger partial charge in [0.1, 0.15) is 17.8 Å². The maximum atomic E-state index is 11.7. The largest absolute Gasteiger partial charge is 0.461 e. The van der Waals surface area contributed by atoms with E-state index in [4.69, 9.17) is 4.74 Å². The van der Waals surface area contributed by atoms with Crippen LogP contribution in [0.1, 0.15) is 23.2 Å². The molecule has 0 amide bonds. The van der Waals surface area contributed by atoms with Crippen molar-refractivity contribution < 1.29 is 9.53 Å². The van der Waals surface area contributed by atoms with E-state index in [-0.39, 0.29) is 5.97 Å². The molecule has 0 fully saturated rings. The number of hydrogen-bond acceptors (Lipinski definition) is 4. The van der Waals surface area contributed by atoms with Gasteiger partial charge in [0.05, 0.1) is 13.2 Å². The third kappa shape index (κ3) is 2.35. The van der Waals surface area contributed by atoms with Gasteiger partial charge in [-0.1, -0.05) is 0 Å². The van der Waals surface area contributed by atoms with Crippen molar-refractivity contribution >= 4 is 5.97 Å². The van der Waals surface area contributed by atoms with Crippen LogP contribution in [0.2, 0.25) is 0 Å². The summed E-state index contributed by atoms with van der Waals surface area (Å²) >= 11 is 0. The van der Waals surface area contributed by atoms with E-state index in [0.29, 0.717) is 18.8 Å². The third-order valence-corrected chi connectivity index (χ3v) is 2.43. The maximum Gasteiger partial charge on any atom is 0.354 e. The highest BCUT2D eigenvalue weighted by atomic mass is 16.5. The molecule has 0 radical (unpaired) electrons. The molecule has 0 saturated carbocycles. The van der Waals surface area contributed by atoms with Crippen molar-refractivity contribution in [2.75, 3.05) is 6.61 Å². The van der Waals surface area contributed by atoms with Crippen molar-refractivity contribution in [2.45, 2.75) is 13.5 Å². The zero-order chi connectivity index (χ0) is 12.3. The zero-order valence-corrected chi connectivity index (χ0v) is 9.83. The molecule has 0 saturated heterocycles. The molecule has 2 heterocycles. The van der Waals surface area contributed by atoms with Gasteiger partial charge in [0.25, 0.3) is 0 Å². The fourth-order valence-electron chi connectivity index (χ4n) is 1.56. The first kappa shape index (κ1) is 11.4. The molecule has 17 heavy (non-hydrogen) atoms. The number of rotatable bonds is 4. The monoisotopic (exact) mass is 234 g/mol. The summed E-state index contributed by atoms with van der Waals surface area (Å²) in [6.07, 6.45) is 3.31. The van der Waals surface area contributed by atoms with Gasteiger partial charge < -0.3 is 9.30 Å². The summed E-state index contributed by atoms with van der Waals surface area (Å²) in [7, 11) is 1.82. The van der Waals surface area contributed by atoms with Gasteiger partial charge in [0, 0.05) is 13.2 Å². The molecule has 0 aromatic carbocycles. The van der Waals surface area contributed by atoms with Crippen molar-refractivity contribution in [3.8, 4) is 0 Å². The third-order valence-electron chi connectivity index (χ3n) is 2.43. The highest BCUT2D eigenvalue weighted by Crippen LogP contribution is 2.07. The Balaban J connectivity index is 2.20. The summed E-state index contributed by atoms with van der Waals surface area (Å²) in [5.74, 6) is 0.464. The van der Waals surface area contributed by atoms with E-state index >= 15 is 0 Å². The summed E-state index contributed by atoms with van der Waals surface area (Å²) in [5.41, 5.74) is 0.523. The zero-order valence-electron chi connectivity index (χ0n) is 9.83. The van der Waals surface area contributed by atoms with Gasteiger partial charge in [-0.25, -0.2) is 9.78 Å². The predicted octanol–water partition coefficient (Wildman–Crippen LogP) is 0.842. The smallest absolute Gasteiger partial charge is 0.354 e. The molecule has 0 aliphatic heterocycles. The highest BCUT2D eigenvalue weighted by molar-refractivity contribution is 5.87. The van der Waals surface area contributed by atoms with Gasteiger partial charge in [-0.3, -0.25) is 4.68 Å². The van der Waals surface area contributed by atoms with Crippen LogP contribution < -0.4 is 0 Å². The Morgan fingerprint density at radius 2 is 2.35 bits per heavy atom. The molecule has 2 rings (SSSR count). The number of nitrogens with zero attached hydrogens (tertiary/aromatic N) is 4. The molecule has 0 aliphatic rings. The molecule has 0 N–H and O–H groups in total. The first-order valence-corrected chi connectivity index (χ1v) is 5.37. The Morgan fingerprint density at radius 1 is 1.53 bits per heavy atom. The number of carbonyl (C=O) groups is 1. The summed E-state index contributed by atoms with van der Waals surface area (Å²) < 4.78 is 8.44. The number of esters is 1. The van der Waals surface area contributed by atoms with Crippen LogP contribution >= 0.6 is 0 Å². The number of aromatic nitrogens is 4. The normalized spacial score (nSPS) is 10.5. The van der Waals surface area contributed by atoms with Crippen LogP contribution in [-0.4, -0.2) is 31.9 Å². The van der Waals surface area contributed by atoms with Crippen molar-refractivity contribution in [3.63, 3.8) is 0 Å². The van der Waals surface area contributed by atoms with Gasteiger partial charge in [-0.05, 0) is 19.1 Å². The summed E-state index contributed by atoms with van der Waals surface area (Å²) in [5, 5.41) is 3.98. The van der Waals surface area contributed by atoms with E-state index < -0.39 is 0 Å². The molecular formula is C11H14N4O2. The van der Waals surface area contributed by atoms with Crippen molar-refractivity contribution in [2.24, 2.45) is 7.05 Å². The van der Waals surface area contributed by atoms with Crippen LogP contribution in [0.25, 0.3) is 0 Å². The first-order chi connectivity index (χ1) is 8.22. The minimum Gasteiger partial charge on any atom is -0.461 e. The Bertz CT molecular complexity index is 515. The highest BCUT2D eigenvalue weighted by Gasteiger charge is 2.13. The van der Waals surface area contributed by atoms with E-state index in [2.05, 4.69) is 10.1 Å². The average molecular weight is 234 g/mol. The lowest BCUT2D eigenvalue weighted by molar-refractivity contribution is 0.0514. The second kappa shape index (κ2) is 4.82. The average Bonchev–Trinajstić information content (AvgIpc) is 2.90. The quantitative estimate of drug-likeness (QED) is 0.735. The molecule has 6 heteroatoms. The van der Waals surface area contributed by atoms with E-state index in [1.165, 1.54) is 6.33 Å². The second-order valence-electron chi connectivity index (χ2n) is 3.54. The fraction of sp³-hybridized carbons (Fsp3) is 0.364. The molecular weight excluding hydrogens is 220 g/mol. The predicted molar refractivity (Wildman–Crippen MR) is 60.5 cm³/mol. The van der Waals surface area contributed by atoms with Crippen molar-refractivity contribution in [3.05, 3.63) is 36.2 Å². The summed E-state index contributed by atoms with van der Waals surface area (Å²) in [6, 6.07) is 3.54. The molecule has 0 atom stereocenters. The van der Waals surface area contributed by atoms with E-state index in [1.54, 1.807) is 22.2 Å². The van der Waals surface area contributed by atoms with Gasteiger partial charge >= 0.3 is 5.97 Å². The number of aryl methyl sites for hydroxylation is 1. The Hall–Kier alpha value is -2.11. The molecule has 0 spiro atoms. The van der Waals surface area contributed by atoms with Crippen LogP contribution in [-0.2, 0) is 18.3 Å². The van der Waals surface area contributed by atoms with Crippen molar-refractivity contribution in [1.29, 1.82) is 0 Å². The number of ether oxygens (including phenoxy) is 1. The summed E-state index contributed by atoms with van der Waals surface area (Å²) in [4.78, 5) is 15.8. The molecule has 0 aliphatic carbocycles. The fourth-order valence-corrected chi connectivity index (χ4v) is 1.56. The van der Waals surface area contributed by atoms with E-state index in [0.717, 1.165) is 5.82 Å². The van der Waals surface area contributed by atoms with Gasteiger partial charge in [0.2, 0.25) is 0 Å². The van der Waals surface area contributed by atoms with E-state index in [1.807, 2.05) is 19.3 Å². The van der Waals surface area contributed by atoms with Crippen molar-refractivity contribution in [1.82, 2.24) is 19.3 Å². The van der Waals surface area contributed by atoms with Crippen LogP contribution in [0, 0.1) is 0 Å². The van der Waals surface area contributed by atoms with Gasteiger partial charge in [-0.15, -0.1) is 0 Å². The van der Waals surface area contributed by atoms with Gasteiger partial charge in [-0.2, -0.15) is 5.10 Å². The molecule has 6 nitrogen and oxygen atoms in total. The number of carbonyl (C=O) groups excluding carboxylic acids is 1. The second-order valence-corrected chi connectivity index (χ2v) is 3.54. The SMILES string of the molecule is CCOC(=O)c1cccn1Cc1ncnn1C. The molecule has 2 aromatic heterocycles.